The first kappa shape index (κ1) is 15.8. The average molecular weight is 340 g/mol. The largest absolute Gasteiger partial charge is 0.477 e. The minimum absolute atomic E-state index is 0.0586. The second-order valence-corrected chi connectivity index (χ2v) is 4.88. The van der Waals surface area contributed by atoms with Crippen molar-refractivity contribution in [2.45, 2.75) is 6.18 Å². The third kappa shape index (κ3) is 2.55. The van der Waals surface area contributed by atoms with Crippen LogP contribution in [0.1, 0.15) is 16.2 Å². The van der Waals surface area contributed by atoms with Gasteiger partial charge in [0.2, 0.25) is 0 Å². The zero-order valence-electron chi connectivity index (χ0n) is 12.0. The van der Waals surface area contributed by atoms with Crippen molar-refractivity contribution in [1.29, 1.82) is 0 Å². The molecule has 0 amide bonds. The second kappa shape index (κ2) is 5.25. The SMILES string of the molecule is Cn1c(-c2nc(C(=O)O)ccc2F)nc2cc(C(F)(F)F)ncc21. The predicted molar refractivity (Wildman–Crippen MR) is 73.7 cm³/mol. The molecule has 0 unspecified atom stereocenters. The molecule has 0 aliphatic carbocycles. The number of rotatable bonds is 2. The van der Waals surface area contributed by atoms with E-state index in [1.54, 1.807) is 0 Å². The standard InChI is InChI=1S/C14H8F4N4O2/c1-22-9-5-19-10(14(16,17)18)4-8(9)21-12(22)11-6(15)2-3-7(20-11)13(23)24/h2-5H,1H3,(H,23,24). The number of aryl methyl sites for hydroxylation is 1. The molecule has 1 N–H and O–H groups in total. The Labute approximate surface area is 131 Å². The van der Waals surface area contributed by atoms with Crippen LogP contribution in [0.2, 0.25) is 0 Å². The Morgan fingerprint density at radius 1 is 1.25 bits per heavy atom. The van der Waals surface area contributed by atoms with Gasteiger partial charge in [0.15, 0.2) is 11.6 Å². The smallest absolute Gasteiger partial charge is 0.433 e. The van der Waals surface area contributed by atoms with E-state index in [-0.39, 0.29) is 22.6 Å². The van der Waals surface area contributed by atoms with Crippen LogP contribution in [-0.4, -0.2) is 30.6 Å². The molecule has 0 radical (unpaired) electrons. The van der Waals surface area contributed by atoms with E-state index >= 15 is 0 Å². The first-order valence-electron chi connectivity index (χ1n) is 6.48. The molecule has 10 heteroatoms. The fraction of sp³-hybridized carbons (Fsp3) is 0.143. The van der Waals surface area contributed by atoms with Crippen molar-refractivity contribution in [2.24, 2.45) is 7.05 Å². The molecule has 3 aromatic rings. The summed E-state index contributed by atoms with van der Waals surface area (Å²) >= 11 is 0. The third-order valence-corrected chi connectivity index (χ3v) is 3.33. The zero-order valence-corrected chi connectivity index (χ0v) is 12.0. The maximum Gasteiger partial charge on any atom is 0.433 e. The minimum atomic E-state index is -4.64. The number of fused-ring (bicyclic) bond motifs is 1. The zero-order chi connectivity index (χ0) is 17.6. The monoisotopic (exact) mass is 340 g/mol. The molecule has 0 saturated heterocycles. The highest BCUT2D eigenvalue weighted by Gasteiger charge is 2.33. The minimum Gasteiger partial charge on any atom is -0.477 e. The molecule has 0 fully saturated rings. The molecular formula is C14H8F4N4O2. The fourth-order valence-corrected chi connectivity index (χ4v) is 2.17. The summed E-state index contributed by atoms with van der Waals surface area (Å²) in [6.07, 6.45) is -3.67. The van der Waals surface area contributed by atoms with Crippen molar-refractivity contribution >= 4 is 17.0 Å². The summed E-state index contributed by atoms with van der Waals surface area (Å²) in [6, 6.07) is 2.62. The molecule has 0 saturated carbocycles. The lowest BCUT2D eigenvalue weighted by Gasteiger charge is -2.05. The van der Waals surface area contributed by atoms with Crippen LogP contribution >= 0.6 is 0 Å². The summed E-state index contributed by atoms with van der Waals surface area (Å²) < 4.78 is 53.4. The van der Waals surface area contributed by atoms with Gasteiger partial charge in [0.1, 0.15) is 17.1 Å². The third-order valence-electron chi connectivity index (χ3n) is 3.33. The number of aromatic nitrogens is 4. The lowest BCUT2D eigenvalue weighted by atomic mass is 10.2. The number of pyridine rings is 2. The van der Waals surface area contributed by atoms with E-state index in [0.29, 0.717) is 0 Å². The van der Waals surface area contributed by atoms with Crippen molar-refractivity contribution in [2.75, 3.05) is 0 Å². The molecule has 0 aliphatic heterocycles. The first-order chi connectivity index (χ1) is 11.2. The Morgan fingerprint density at radius 3 is 2.58 bits per heavy atom. The summed E-state index contributed by atoms with van der Waals surface area (Å²) in [7, 11) is 1.44. The molecule has 0 atom stereocenters. The number of imidazole rings is 1. The molecule has 0 spiro atoms. The fourth-order valence-electron chi connectivity index (χ4n) is 2.17. The molecule has 0 bridgehead atoms. The Morgan fingerprint density at radius 2 is 1.96 bits per heavy atom. The maximum absolute atomic E-state index is 14.0. The van der Waals surface area contributed by atoms with Gasteiger partial charge in [0, 0.05) is 7.05 Å². The quantitative estimate of drug-likeness (QED) is 0.726. The molecule has 24 heavy (non-hydrogen) atoms. The highest BCUT2D eigenvalue weighted by atomic mass is 19.4. The summed E-state index contributed by atoms with van der Waals surface area (Å²) in [5, 5.41) is 8.93. The van der Waals surface area contributed by atoms with Gasteiger partial charge >= 0.3 is 12.1 Å². The van der Waals surface area contributed by atoms with Crippen LogP contribution < -0.4 is 0 Å². The summed E-state index contributed by atoms with van der Waals surface area (Å²) in [5.41, 5.74) is -1.75. The normalized spacial score (nSPS) is 11.9. The van der Waals surface area contributed by atoms with E-state index in [4.69, 9.17) is 5.11 Å². The Balaban J connectivity index is 2.22. The van der Waals surface area contributed by atoms with E-state index < -0.39 is 29.4 Å². The Bertz CT molecular complexity index is 965. The second-order valence-electron chi connectivity index (χ2n) is 4.88. The van der Waals surface area contributed by atoms with Crippen LogP contribution in [0, 0.1) is 5.82 Å². The maximum atomic E-state index is 14.0. The van der Waals surface area contributed by atoms with Gasteiger partial charge in [-0.2, -0.15) is 13.2 Å². The number of carbonyl (C=O) groups is 1. The van der Waals surface area contributed by atoms with Gasteiger partial charge in [-0.3, -0.25) is 0 Å². The lowest BCUT2D eigenvalue weighted by Crippen LogP contribution is -2.07. The van der Waals surface area contributed by atoms with Crippen LogP contribution in [0.3, 0.4) is 0 Å². The molecule has 0 aliphatic rings. The molecule has 3 rings (SSSR count). The summed E-state index contributed by atoms with van der Waals surface area (Å²) in [4.78, 5) is 21.9. The average Bonchev–Trinajstić information content (AvgIpc) is 2.83. The van der Waals surface area contributed by atoms with Crippen molar-refractivity contribution < 1.29 is 27.5 Å². The van der Waals surface area contributed by atoms with Crippen LogP contribution in [0.25, 0.3) is 22.6 Å². The van der Waals surface area contributed by atoms with Crippen LogP contribution in [0.4, 0.5) is 17.6 Å². The van der Waals surface area contributed by atoms with E-state index in [1.165, 1.54) is 11.6 Å². The number of carboxylic acids is 1. The van der Waals surface area contributed by atoms with Gasteiger partial charge in [-0.05, 0) is 18.2 Å². The molecule has 0 aromatic carbocycles. The van der Waals surface area contributed by atoms with E-state index in [9.17, 15) is 22.4 Å². The number of hydrogen-bond donors (Lipinski definition) is 1. The van der Waals surface area contributed by atoms with Gasteiger partial charge < -0.3 is 9.67 Å². The molecule has 124 valence electrons. The summed E-state index contributed by atoms with van der Waals surface area (Å²) in [6.45, 7) is 0. The van der Waals surface area contributed by atoms with Crippen molar-refractivity contribution in [3.8, 4) is 11.5 Å². The number of aromatic carboxylic acids is 1. The molecule has 6 nitrogen and oxygen atoms in total. The van der Waals surface area contributed by atoms with Crippen LogP contribution in [0.5, 0.6) is 0 Å². The van der Waals surface area contributed by atoms with E-state index in [2.05, 4.69) is 15.0 Å². The van der Waals surface area contributed by atoms with Crippen LogP contribution in [-0.2, 0) is 13.2 Å². The van der Waals surface area contributed by atoms with Crippen LogP contribution in [0.15, 0.2) is 24.4 Å². The van der Waals surface area contributed by atoms with Gasteiger partial charge in [0.25, 0.3) is 0 Å². The summed E-state index contributed by atoms with van der Waals surface area (Å²) in [5.74, 6) is -2.31. The van der Waals surface area contributed by atoms with E-state index in [0.717, 1.165) is 24.4 Å². The first-order valence-corrected chi connectivity index (χ1v) is 6.48. The Kier molecular flexibility index (Phi) is 3.47. The predicted octanol–water partition coefficient (Wildman–Crippen LogP) is 2.89. The van der Waals surface area contributed by atoms with Gasteiger partial charge in [0.05, 0.1) is 17.2 Å². The molecule has 3 aromatic heterocycles. The van der Waals surface area contributed by atoms with Crippen molar-refractivity contribution in [1.82, 2.24) is 19.5 Å². The Hall–Kier alpha value is -3.04. The molecular weight excluding hydrogens is 332 g/mol. The lowest BCUT2D eigenvalue weighted by molar-refractivity contribution is -0.141. The molecule has 3 heterocycles. The number of hydrogen-bond acceptors (Lipinski definition) is 4. The topological polar surface area (TPSA) is 80.9 Å². The van der Waals surface area contributed by atoms with Crippen molar-refractivity contribution in [3.05, 3.63) is 41.6 Å². The number of nitrogens with zero attached hydrogens (tertiary/aromatic N) is 4. The van der Waals surface area contributed by atoms with Gasteiger partial charge in [-0.1, -0.05) is 0 Å². The van der Waals surface area contributed by atoms with Crippen molar-refractivity contribution in [3.63, 3.8) is 0 Å². The number of alkyl halides is 3. The highest BCUT2D eigenvalue weighted by molar-refractivity contribution is 5.86. The van der Waals surface area contributed by atoms with Gasteiger partial charge in [-0.25, -0.2) is 24.1 Å². The van der Waals surface area contributed by atoms with Gasteiger partial charge in [-0.15, -0.1) is 0 Å². The highest BCUT2D eigenvalue weighted by Crippen LogP contribution is 2.31. The number of halogens is 4. The van der Waals surface area contributed by atoms with E-state index in [1.807, 2.05) is 0 Å². The number of carboxylic acid groups (broad SMARTS) is 1.